The first-order valence-electron chi connectivity index (χ1n) is 7.10. The van der Waals surface area contributed by atoms with Crippen molar-refractivity contribution >= 4 is 17.3 Å². The number of nitrogens with zero attached hydrogens (tertiary/aromatic N) is 2. The van der Waals surface area contributed by atoms with Crippen LogP contribution >= 0.6 is 11.6 Å². The lowest BCUT2D eigenvalue weighted by molar-refractivity contribution is -0.959. The fourth-order valence-corrected chi connectivity index (χ4v) is 4.15. The molecule has 2 aliphatic heterocycles. The van der Waals surface area contributed by atoms with Crippen LogP contribution in [-0.4, -0.2) is 28.5 Å². The van der Waals surface area contributed by atoms with Gasteiger partial charge in [0.05, 0.1) is 29.6 Å². The topological polar surface area (TPSA) is 43.1 Å². The van der Waals surface area contributed by atoms with Crippen LogP contribution in [0.15, 0.2) is 18.2 Å². The van der Waals surface area contributed by atoms with E-state index < -0.39 is 0 Å². The van der Waals surface area contributed by atoms with Crippen molar-refractivity contribution in [2.45, 2.75) is 44.3 Å². The standard InChI is InChI=1S/C15H19ClN2O2/c1-18(13-3-2-4-14(18)7-6-13)10-11-9-12(16)5-8-15(11)17(19)20/h2,5,8-9,13-14H,3-4,6-7,10H2,1H3/q+1. The zero-order valence-corrected chi connectivity index (χ0v) is 12.3. The van der Waals surface area contributed by atoms with Gasteiger partial charge in [-0.05, 0) is 18.6 Å². The molecule has 2 heterocycles. The van der Waals surface area contributed by atoms with E-state index >= 15 is 0 Å². The van der Waals surface area contributed by atoms with E-state index in [9.17, 15) is 10.1 Å². The maximum Gasteiger partial charge on any atom is 0.278 e. The molecule has 2 aliphatic rings. The fraction of sp³-hybridized carbons (Fsp3) is 0.533. The number of hydrogen-bond donors (Lipinski definition) is 0. The maximum atomic E-state index is 11.2. The molecule has 0 saturated carbocycles. The third-order valence-electron chi connectivity index (χ3n) is 5.13. The summed E-state index contributed by atoms with van der Waals surface area (Å²) in [6.07, 6.45) is 7.09. The summed E-state index contributed by atoms with van der Waals surface area (Å²) in [5.74, 6) is 0. The average Bonchev–Trinajstić information content (AvgIpc) is 2.58. The van der Waals surface area contributed by atoms with Crippen molar-refractivity contribution in [1.29, 1.82) is 0 Å². The van der Waals surface area contributed by atoms with E-state index in [0.717, 1.165) is 22.9 Å². The molecule has 0 aliphatic carbocycles. The second-order valence-electron chi connectivity index (χ2n) is 6.18. The van der Waals surface area contributed by atoms with Gasteiger partial charge in [0, 0.05) is 36.8 Å². The van der Waals surface area contributed by atoms with Gasteiger partial charge < -0.3 is 4.48 Å². The van der Waals surface area contributed by atoms with Gasteiger partial charge in [-0.3, -0.25) is 10.1 Å². The van der Waals surface area contributed by atoms with E-state index in [1.165, 1.54) is 18.9 Å². The number of hydrogen-bond acceptors (Lipinski definition) is 2. The molecular formula is C15H19ClN2O2+. The number of quaternary nitrogens is 1. The van der Waals surface area contributed by atoms with E-state index in [-0.39, 0.29) is 10.6 Å². The predicted molar refractivity (Wildman–Crippen MR) is 78.3 cm³/mol. The summed E-state index contributed by atoms with van der Waals surface area (Å²) < 4.78 is 0.928. The Hall–Kier alpha value is -1.13. The van der Waals surface area contributed by atoms with E-state index in [1.54, 1.807) is 12.1 Å². The molecule has 0 aromatic heterocycles. The molecule has 107 valence electrons. The highest BCUT2D eigenvalue weighted by atomic mass is 35.5. The molecule has 2 saturated heterocycles. The van der Waals surface area contributed by atoms with E-state index in [4.69, 9.17) is 11.6 Å². The minimum atomic E-state index is -0.296. The van der Waals surface area contributed by atoms with Crippen LogP contribution < -0.4 is 0 Å². The lowest BCUT2D eigenvalue weighted by atomic mass is 9.98. The van der Waals surface area contributed by atoms with Gasteiger partial charge in [-0.25, -0.2) is 0 Å². The summed E-state index contributed by atoms with van der Waals surface area (Å²) in [6, 6.07) is 6.10. The zero-order chi connectivity index (χ0) is 14.3. The van der Waals surface area contributed by atoms with Gasteiger partial charge in [0.15, 0.2) is 0 Å². The van der Waals surface area contributed by atoms with Crippen LogP contribution in [0, 0.1) is 16.5 Å². The van der Waals surface area contributed by atoms with Gasteiger partial charge in [-0.1, -0.05) is 11.6 Å². The fourth-order valence-electron chi connectivity index (χ4n) is 3.96. The first-order valence-corrected chi connectivity index (χ1v) is 7.48. The Balaban J connectivity index is 1.95. The van der Waals surface area contributed by atoms with Crippen LogP contribution in [0.25, 0.3) is 0 Å². The predicted octanol–water partition coefficient (Wildman–Crippen LogP) is 3.72. The Bertz CT molecular complexity index is 531. The highest BCUT2D eigenvalue weighted by molar-refractivity contribution is 6.30. The minimum absolute atomic E-state index is 0.197. The van der Waals surface area contributed by atoms with E-state index in [2.05, 4.69) is 13.5 Å². The van der Waals surface area contributed by atoms with Crippen LogP contribution in [-0.2, 0) is 6.54 Å². The van der Waals surface area contributed by atoms with E-state index in [1.807, 2.05) is 0 Å². The van der Waals surface area contributed by atoms with Gasteiger partial charge >= 0.3 is 0 Å². The highest BCUT2D eigenvalue weighted by Crippen LogP contribution is 2.43. The molecular weight excluding hydrogens is 276 g/mol. The normalized spacial score (nSPS) is 32.3. The van der Waals surface area contributed by atoms with Crippen molar-refractivity contribution in [2.75, 3.05) is 7.05 Å². The lowest BCUT2D eigenvalue weighted by Crippen LogP contribution is -2.55. The third kappa shape index (κ3) is 2.21. The molecule has 2 atom stereocenters. The Morgan fingerprint density at radius 2 is 2.00 bits per heavy atom. The van der Waals surface area contributed by atoms with Crippen LogP contribution in [0.4, 0.5) is 5.69 Å². The summed E-state index contributed by atoms with van der Waals surface area (Å²) in [5.41, 5.74) is 0.964. The number of rotatable bonds is 3. The van der Waals surface area contributed by atoms with Crippen LogP contribution in [0.1, 0.15) is 31.2 Å². The molecule has 2 unspecified atom stereocenters. The SMILES string of the molecule is C[N+]1(Cc2cc(Cl)ccc2[N+](=O)[O-])C2C[CH]CC1CC2. The lowest BCUT2D eigenvalue weighted by Gasteiger charge is -2.44. The van der Waals surface area contributed by atoms with Crippen LogP contribution in [0.2, 0.25) is 5.02 Å². The smallest absolute Gasteiger partial charge is 0.278 e. The van der Waals surface area contributed by atoms with Crippen molar-refractivity contribution in [3.63, 3.8) is 0 Å². The molecule has 0 amide bonds. The molecule has 5 heteroatoms. The van der Waals surface area contributed by atoms with Gasteiger partial charge in [-0.15, -0.1) is 0 Å². The second-order valence-corrected chi connectivity index (χ2v) is 6.62. The molecule has 3 rings (SSSR count). The summed E-state index contributed by atoms with van der Waals surface area (Å²) in [6.45, 7) is 0.708. The molecule has 20 heavy (non-hydrogen) atoms. The molecule has 2 fully saturated rings. The maximum absolute atomic E-state index is 11.2. The van der Waals surface area contributed by atoms with Gasteiger partial charge in [0.2, 0.25) is 0 Å². The minimum Gasteiger partial charge on any atom is -0.317 e. The number of fused-ring (bicyclic) bond motifs is 2. The largest absolute Gasteiger partial charge is 0.317 e. The van der Waals surface area contributed by atoms with Crippen molar-refractivity contribution in [2.24, 2.45) is 0 Å². The van der Waals surface area contributed by atoms with E-state index in [0.29, 0.717) is 23.7 Å². The van der Waals surface area contributed by atoms with Crippen molar-refractivity contribution in [1.82, 2.24) is 0 Å². The van der Waals surface area contributed by atoms with Crippen molar-refractivity contribution < 1.29 is 9.41 Å². The van der Waals surface area contributed by atoms with Gasteiger partial charge in [0.1, 0.15) is 6.54 Å². The number of nitro groups is 1. The number of piperidine rings is 1. The van der Waals surface area contributed by atoms with Gasteiger partial charge in [0.25, 0.3) is 5.69 Å². The van der Waals surface area contributed by atoms with Gasteiger partial charge in [-0.2, -0.15) is 0 Å². The Morgan fingerprint density at radius 3 is 2.60 bits per heavy atom. The Labute approximate surface area is 124 Å². The number of benzene rings is 1. The number of nitro benzene ring substituents is 1. The molecule has 1 radical (unpaired) electrons. The Kier molecular flexibility index (Phi) is 3.46. The summed E-state index contributed by atoms with van der Waals surface area (Å²) >= 11 is 6.04. The summed E-state index contributed by atoms with van der Waals surface area (Å²) in [7, 11) is 2.25. The van der Waals surface area contributed by atoms with Crippen molar-refractivity contribution in [3.8, 4) is 0 Å². The van der Waals surface area contributed by atoms with Crippen LogP contribution in [0.5, 0.6) is 0 Å². The highest BCUT2D eigenvalue weighted by Gasteiger charge is 2.49. The summed E-state index contributed by atoms with van der Waals surface area (Å²) in [5, 5.41) is 11.8. The molecule has 1 aromatic rings. The number of halogens is 1. The quantitative estimate of drug-likeness (QED) is 0.484. The van der Waals surface area contributed by atoms with Crippen LogP contribution in [0.3, 0.4) is 0 Å². The molecule has 2 bridgehead atoms. The third-order valence-corrected chi connectivity index (χ3v) is 5.36. The zero-order valence-electron chi connectivity index (χ0n) is 11.6. The average molecular weight is 295 g/mol. The molecule has 0 spiro atoms. The molecule has 1 aromatic carbocycles. The molecule has 4 nitrogen and oxygen atoms in total. The second kappa shape index (κ2) is 5.01. The van der Waals surface area contributed by atoms with Crippen molar-refractivity contribution in [3.05, 3.63) is 45.3 Å². The first-order chi connectivity index (χ1) is 9.50. The summed E-state index contributed by atoms with van der Waals surface area (Å²) in [4.78, 5) is 10.9. The first kappa shape index (κ1) is 13.8. The molecule has 0 N–H and O–H groups in total. The monoisotopic (exact) mass is 294 g/mol. The Morgan fingerprint density at radius 1 is 1.35 bits per heavy atom.